The first-order valence-corrected chi connectivity index (χ1v) is 15.1. The molecule has 0 amide bonds. The van der Waals surface area contributed by atoms with Gasteiger partial charge in [-0.15, -0.1) is 11.3 Å². The van der Waals surface area contributed by atoms with Crippen molar-refractivity contribution in [1.82, 2.24) is 0 Å². The van der Waals surface area contributed by atoms with Crippen LogP contribution < -0.4 is 4.52 Å². The van der Waals surface area contributed by atoms with Crippen molar-refractivity contribution in [1.29, 1.82) is 0 Å². The highest BCUT2D eigenvalue weighted by molar-refractivity contribution is 7.46. The summed E-state index contributed by atoms with van der Waals surface area (Å²) in [5.41, 5.74) is 1.74. The molecule has 3 aromatic rings. The smallest absolute Gasteiger partial charge is 0.404 e. The van der Waals surface area contributed by atoms with Crippen molar-refractivity contribution < 1.29 is 33.4 Å². The van der Waals surface area contributed by atoms with Crippen molar-refractivity contribution in [2.75, 3.05) is 7.11 Å². The van der Waals surface area contributed by atoms with Gasteiger partial charge in [0, 0.05) is 28.0 Å². The molecule has 1 aromatic heterocycles. The highest BCUT2D eigenvalue weighted by Gasteiger charge is 2.76. The minimum atomic E-state index is -4.83. The third-order valence-electron chi connectivity index (χ3n) is 8.96. The number of rotatable bonds is 6. The summed E-state index contributed by atoms with van der Waals surface area (Å²) in [5.74, 6) is 1.08. The van der Waals surface area contributed by atoms with Crippen LogP contribution in [0.4, 0.5) is 0 Å². The summed E-state index contributed by atoms with van der Waals surface area (Å²) in [4.78, 5) is 33.3. The second-order valence-corrected chi connectivity index (χ2v) is 13.2. The molecule has 5 aliphatic rings. The Bertz CT molecular complexity index is 1350. The number of benzene rings is 2. The van der Waals surface area contributed by atoms with E-state index in [1.165, 1.54) is 17.8 Å². The molecule has 194 valence electrons. The number of ether oxygens (including phenoxy) is 1. The van der Waals surface area contributed by atoms with Gasteiger partial charge in [0.1, 0.15) is 5.75 Å². The topological polar surface area (TPSA) is 94.5 Å². The van der Waals surface area contributed by atoms with Crippen LogP contribution in [0.2, 0.25) is 0 Å². The van der Waals surface area contributed by atoms with Gasteiger partial charge in [0.2, 0.25) is 0 Å². The third-order valence-corrected chi connectivity index (χ3v) is 10.6. The van der Waals surface area contributed by atoms with Crippen molar-refractivity contribution in [2.45, 2.75) is 43.5 Å². The largest absolute Gasteiger partial charge is 0.524 e. The average molecular weight is 541 g/mol. The molecule has 1 atom stereocenters. The van der Waals surface area contributed by atoms with Gasteiger partial charge in [-0.3, -0.25) is 9.79 Å². The lowest BCUT2D eigenvalue weighted by atomic mass is 9.47. The van der Waals surface area contributed by atoms with E-state index in [1.807, 2.05) is 54.6 Å². The standard InChI is InChI=1S/C28H29O7PS/c1-32-28(27(34-35-28)21-12-17-11-18(14-21)15-22(27)13-17)20-7-8-23(24(16-20)33-36(29,30)31)26-10-9-25(37-26)19-5-3-2-4-6-19/h2-10,16-18,21-22H,11-15H2,1H3,(H2,29,30,31). The fourth-order valence-corrected chi connectivity index (χ4v) is 9.18. The monoisotopic (exact) mass is 540 g/mol. The van der Waals surface area contributed by atoms with Crippen LogP contribution in [0.15, 0.2) is 60.7 Å². The van der Waals surface area contributed by atoms with Crippen molar-refractivity contribution in [3.8, 4) is 26.6 Å². The first kappa shape index (κ1) is 24.0. The van der Waals surface area contributed by atoms with Crippen LogP contribution in [0.5, 0.6) is 5.75 Å². The molecular formula is C28H29O7PS. The van der Waals surface area contributed by atoms with Gasteiger partial charge in [-0.1, -0.05) is 36.4 Å². The number of hydrogen-bond donors (Lipinski definition) is 2. The van der Waals surface area contributed by atoms with Crippen LogP contribution in [0.25, 0.3) is 20.9 Å². The summed E-state index contributed by atoms with van der Waals surface area (Å²) in [6.07, 6.45) is 5.71. The Morgan fingerprint density at radius 3 is 2.16 bits per heavy atom. The Balaban J connectivity index is 1.30. The van der Waals surface area contributed by atoms with Crippen LogP contribution in [-0.2, 0) is 24.9 Å². The molecule has 2 N–H and O–H groups in total. The zero-order valence-corrected chi connectivity index (χ0v) is 22.1. The van der Waals surface area contributed by atoms with E-state index >= 15 is 0 Å². The van der Waals surface area contributed by atoms with Crippen LogP contribution >= 0.6 is 19.2 Å². The maximum Gasteiger partial charge on any atom is 0.524 e. The van der Waals surface area contributed by atoms with E-state index in [2.05, 4.69) is 0 Å². The van der Waals surface area contributed by atoms with Gasteiger partial charge in [-0.2, -0.15) is 4.89 Å². The normalized spacial score (nSPS) is 34.0. The number of phosphoric acid groups is 1. The predicted octanol–water partition coefficient (Wildman–Crippen LogP) is 6.51. The van der Waals surface area contributed by atoms with Crippen LogP contribution in [-0.4, -0.2) is 22.5 Å². The molecular weight excluding hydrogens is 511 g/mol. The molecule has 4 saturated carbocycles. The van der Waals surface area contributed by atoms with E-state index in [4.69, 9.17) is 19.0 Å². The Morgan fingerprint density at radius 1 is 0.892 bits per heavy atom. The number of phosphoric ester groups is 1. The van der Waals surface area contributed by atoms with Gasteiger partial charge in [0.15, 0.2) is 5.60 Å². The van der Waals surface area contributed by atoms with Crippen molar-refractivity contribution >= 4 is 19.2 Å². The summed E-state index contributed by atoms with van der Waals surface area (Å²) in [7, 11) is -3.20. The predicted molar refractivity (Wildman–Crippen MR) is 138 cm³/mol. The molecule has 1 aliphatic heterocycles. The second-order valence-electron chi connectivity index (χ2n) is 10.9. The second kappa shape index (κ2) is 8.48. The molecule has 1 saturated heterocycles. The van der Waals surface area contributed by atoms with Crippen molar-refractivity contribution in [2.24, 2.45) is 23.7 Å². The third kappa shape index (κ3) is 3.62. The van der Waals surface area contributed by atoms with Crippen molar-refractivity contribution in [3.63, 3.8) is 0 Å². The summed E-state index contributed by atoms with van der Waals surface area (Å²) in [5, 5.41) is 0. The van der Waals surface area contributed by atoms with E-state index in [1.54, 1.807) is 13.2 Å². The van der Waals surface area contributed by atoms with Crippen LogP contribution in [0.3, 0.4) is 0 Å². The Morgan fingerprint density at radius 2 is 1.57 bits per heavy atom. The molecule has 7 nitrogen and oxygen atoms in total. The minimum Gasteiger partial charge on any atom is -0.404 e. The van der Waals surface area contributed by atoms with E-state index in [9.17, 15) is 14.4 Å². The summed E-state index contributed by atoms with van der Waals surface area (Å²) < 4.78 is 23.4. The molecule has 0 radical (unpaired) electrons. The lowest BCUT2D eigenvalue weighted by molar-refractivity contribution is -0.645. The van der Waals surface area contributed by atoms with Gasteiger partial charge in [-0.25, -0.2) is 9.45 Å². The van der Waals surface area contributed by atoms with Gasteiger partial charge in [0.25, 0.3) is 5.79 Å². The molecule has 2 heterocycles. The fraction of sp³-hybridized carbons (Fsp3) is 0.429. The SMILES string of the molecule is COC1(c2ccc(-c3ccc(-c4ccccc4)s3)c(OP(=O)(O)O)c2)OOC12C1CC3CC(C1)CC2C3. The molecule has 2 aromatic carbocycles. The summed E-state index contributed by atoms with van der Waals surface area (Å²) >= 11 is 1.54. The quantitative estimate of drug-likeness (QED) is 0.272. The zero-order valence-electron chi connectivity index (χ0n) is 20.4. The lowest BCUT2D eigenvalue weighted by Crippen LogP contribution is -2.76. The van der Waals surface area contributed by atoms with E-state index < -0.39 is 19.2 Å². The van der Waals surface area contributed by atoms with Gasteiger partial charge in [0.05, 0.1) is 0 Å². The fourth-order valence-electron chi connectivity index (χ4n) is 7.73. The first-order chi connectivity index (χ1) is 17.8. The maximum atomic E-state index is 12.0. The molecule has 4 aliphatic carbocycles. The van der Waals surface area contributed by atoms with Gasteiger partial charge < -0.3 is 9.26 Å². The van der Waals surface area contributed by atoms with Gasteiger partial charge in [-0.05, 0) is 85.6 Å². The van der Waals surface area contributed by atoms with Crippen molar-refractivity contribution in [3.05, 3.63) is 66.2 Å². The molecule has 1 unspecified atom stereocenters. The molecule has 1 spiro atoms. The Labute approximate surface area is 219 Å². The highest BCUT2D eigenvalue weighted by atomic mass is 32.1. The molecule has 4 bridgehead atoms. The Hall–Kier alpha value is -2.03. The highest BCUT2D eigenvalue weighted by Crippen LogP contribution is 2.69. The number of hydrogen-bond acceptors (Lipinski definition) is 6. The Kier molecular flexibility index (Phi) is 5.51. The van der Waals surface area contributed by atoms with Gasteiger partial charge >= 0.3 is 7.82 Å². The first-order valence-electron chi connectivity index (χ1n) is 12.8. The van der Waals surface area contributed by atoms with Crippen LogP contribution in [0, 0.1) is 23.7 Å². The molecule has 37 heavy (non-hydrogen) atoms. The molecule has 8 rings (SSSR count). The van der Waals surface area contributed by atoms with E-state index in [0.717, 1.165) is 52.8 Å². The summed E-state index contributed by atoms with van der Waals surface area (Å²) in [6.45, 7) is 0. The molecule has 9 heteroatoms. The average Bonchev–Trinajstić information content (AvgIpc) is 3.33. The number of thiophene rings is 1. The van der Waals surface area contributed by atoms with E-state index in [0.29, 0.717) is 23.0 Å². The molecule has 5 fully saturated rings. The summed E-state index contributed by atoms with van der Waals surface area (Å²) in [6, 6.07) is 19.4. The minimum absolute atomic E-state index is 0.0955. The lowest BCUT2D eigenvalue weighted by Gasteiger charge is -2.68. The van der Waals surface area contributed by atoms with Crippen LogP contribution in [0.1, 0.15) is 37.7 Å². The zero-order chi connectivity index (χ0) is 25.4. The maximum absolute atomic E-state index is 12.0. The van der Waals surface area contributed by atoms with E-state index in [-0.39, 0.29) is 5.75 Å². The number of methoxy groups -OCH3 is 1.